The topological polar surface area (TPSA) is 90.8 Å². The Morgan fingerprint density at radius 3 is 2.55 bits per heavy atom. The summed E-state index contributed by atoms with van der Waals surface area (Å²) in [5.41, 5.74) is -0.561. The number of amides is 2. The highest BCUT2D eigenvalue weighted by Gasteiger charge is 2.46. The highest BCUT2D eigenvalue weighted by Crippen LogP contribution is 2.31. The zero-order chi connectivity index (χ0) is 16.3. The fourth-order valence-electron chi connectivity index (χ4n) is 2.42. The summed E-state index contributed by atoms with van der Waals surface area (Å²) in [6, 6.07) is 5.58. The number of rotatable bonds is 4. The van der Waals surface area contributed by atoms with E-state index >= 15 is 0 Å². The summed E-state index contributed by atoms with van der Waals surface area (Å²) in [5, 5.41) is 14.0. The number of aliphatic imine (C=N–C) groups is 1. The van der Waals surface area contributed by atoms with Crippen molar-refractivity contribution in [2.45, 2.75) is 32.2 Å². The van der Waals surface area contributed by atoms with Crippen LogP contribution in [0.5, 0.6) is 0 Å². The van der Waals surface area contributed by atoms with Gasteiger partial charge < -0.3 is 10.4 Å². The van der Waals surface area contributed by atoms with Gasteiger partial charge in [-0.1, -0.05) is 26.0 Å². The van der Waals surface area contributed by atoms with Crippen LogP contribution in [0.4, 0.5) is 9.18 Å². The van der Waals surface area contributed by atoms with Crippen molar-refractivity contribution in [2.24, 2.45) is 10.9 Å². The van der Waals surface area contributed by atoms with Crippen LogP contribution in [0, 0.1) is 11.7 Å². The molecule has 2 amide bonds. The number of carbonyl (C=O) groups is 2. The minimum atomic E-state index is -1.40. The molecule has 6 nitrogen and oxygen atoms in total. The molecule has 3 N–H and O–H groups in total. The van der Waals surface area contributed by atoms with Crippen LogP contribution >= 0.6 is 0 Å². The molecule has 0 bridgehead atoms. The Labute approximate surface area is 127 Å². The molecule has 22 heavy (non-hydrogen) atoms. The van der Waals surface area contributed by atoms with Crippen LogP contribution in [-0.4, -0.2) is 23.1 Å². The van der Waals surface area contributed by atoms with Crippen molar-refractivity contribution in [3.8, 4) is 0 Å². The first-order valence-corrected chi connectivity index (χ1v) is 7.01. The molecule has 1 aliphatic heterocycles. The molecule has 1 atom stereocenters. The Morgan fingerprint density at radius 2 is 2.00 bits per heavy atom. The standard InChI is InChI=1S/C15H18FN3O3/c1-9(2)7-8-15(10-3-5-11(16)6-4-10)12(20)17-13(19-15)18-14(21)22/h3-6,9H,7-8H2,1-2H3,(H,21,22)(H2,17,18,19,20)/t15-/m1/s1. The molecule has 2 rings (SSSR count). The predicted molar refractivity (Wildman–Crippen MR) is 78.9 cm³/mol. The first-order valence-electron chi connectivity index (χ1n) is 7.01. The number of nitrogens with zero attached hydrogens (tertiary/aromatic N) is 1. The second kappa shape index (κ2) is 6.13. The smallest absolute Gasteiger partial charge is 0.434 e. The van der Waals surface area contributed by atoms with Gasteiger partial charge in [-0.3, -0.25) is 10.1 Å². The zero-order valence-electron chi connectivity index (χ0n) is 12.4. The first-order chi connectivity index (χ1) is 10.3. The molecule has 0 radical (unpaired) electrons. The van der Waals surface area contributed by atoms with E-state index in [2.05, 4.69) is 15.6 Å². The Bertz CT molecular complexity index is 613. The van der Waals surface area contributed by atoms with Crippen molar-refractivity contribution in [1.82, 2.24) is 10.6 Å². The summed E-state index contributed by atoms with van der Waals surface area (Å²) in [6.45, 7) is 4.05. The molecular weight excluding hydrogens is 289 g/mol. The van der Waals surface area contributed by atoms with E-state index < -0.39 is 17.4 Å². The Kier molecular flexibility index (Phi) is 4.44. The third-order valence-corrected chi connectivity index (χ3v) is 3.59. The van der Waals surface area contributed by atoms with Crippen molar-refractivity contribution in [3.05, 3.63) is 35.6 Å². The lowest BCUT2D eigenvalue weighted by molar-refractivity contribution is -0.124. The van der Waals surface area contributed by atoms with Crippen molar-refractivity contribution in [2.75, 3.05) is 0 Å². The maximum absolute atomic E-state index is 13.1. The molecule has 1 fully saturated rings. The van der Waals surface area contributed by atoms with Crippen LogP contribution < -0.4 is 10.6 Å². The summed E-state index contributed by atoms with van der Waals surface area (Å²) in [6.07, 6.45) is -0.222. The maximum atomic E-state index is 13.1. The van der Waals surface area contributed by atoms with E-state index in [4.69, 9.17) is 5.11 Å². The number of hydrogen-bond donors (Lipinski definition) is 3. The molecule has 0 aromatic heterocycles. The highest BCUT2D eigenvalue weighted by molar-refractivity contribution is 6.11. The number of carboxylic acid groups (broad SMARTS) is 1. The summed E-state index contributed by atoms with van der Waals surface area (Å²) in [4.78, 5) is 26.4. The largest absolute Gasteiger partial charge is 0.463 e. The van der Waals surface area contributed by atoms with Crippen molar-refractivity contribution < 1.29 is 19.1 Å². The van der Waals surface area contributed by atoms with Crippen molar-refractivity contribution in [3.63, 3.8) is 0 Å². The summed E-state index contributed by atoms with van der Waals surface area (Å²) in [7, 11) is 0. The lowest BCUT2D eigenvalue weighted by atomic mass is 9.83. The minimum Gasteiger partial charge on any atom is -0.463 e. The van der Waals surface area contributed by atoms with E-state index in [-0.39, 0.29) is 11.9 Å². The normalized spacial score (nSPS) is 22.7. The molecule has 1 aliphatic rings. The SMILES string of the molecule is CC(C)CC[C@]1(c2ccc(F)cc2)N/C(=N\C(=O)O)NC1=O. The molecular formula is C15H18FN3O3. The Morgan fingerprint density at radius 1 is 1.36 bits per heavy atom. The number of hydrogen-bond acceptors (Lipinski definition) is 2. The Balaban J connectivity index is 2.40. The van der Waals surface area contributed by atoms with Crippen LogP contribution in [0.3, 0.4) is 0 Å². The molecule has 0 spiro atoms. The number of halogens is 1. The summed E-state index contributed by atoms with van der Waals surface area (Å²) < 4.78 is 13.1. The molecule has 1 aromatic rings. The molecule has 0 unspecified atom stereocenters. The fraction of sp³-hybridized carbons (Fsp3) is 0.400. The van der Waals surface area contributed by atoms with E-state index in [0.717, 1.165) is 6.42 Å². The first kappa shape index (κ1) is 15.9. The molecule has 1 aromatic carbocycles. The highest BCUT2D eigenvalue weighted by atomic mass is 19.1. The van der Waals surface area contributed by atoms with E-state index in [1.54, 1.807) is 0 Å². The van der Waals surface area contributed by atoms with Gasteiger partial charge in [-0.25, -0.2) is 9.18 Å². The lowest BCUT2D eigenvalue weighted by Crippen LogP contribution is -2.44. The van der Waals surface area contributed by atoms with E-state index in [1.807, 2.05) is 13.8 Å². The van der Waals surface area contributed by atoms with Gasteiger partial charge in [0.1, 0.15) is 11.4 Å². The van der Waals surface area contributed by atoms with Crippen LogP contribution in [0.2, 0.25) is 0 Å². The molecule has 1 heterocycles. The summed E-state index contributed by atoms with van der Waals surface area (Å²) >= 11 is 0. The number of guanidine groups is 1. The van der Waals surface area contributed by atoms with Gasteiger partial charge in [-0.2, -0.15) is 0 Å². The third-order valence-electron chi connectivity index (χ3n) is 3.59. The lowest BCUT2D eigenvalue weighted by Gasteiger charge is -2.27. The van der Waals surface area contributed by atoms with Crippen molar-refractivity contribution >= 4 is 18.0 Å². The minimum absolute atomic E-state index is 0.106. The molecule has 118 valence electrons. The van der Waals surface area contributed by atoms with E-state index in [9.17, 15) is 14.0 Å². The van der Waals surface area contributed by atoms with Crippen LogP contribution in [0.15, 0.2) is 29.3 Å². The predicted octanol–water partition coefficient (Wildman–Crippen LogP) is 2.21. The number of nitrogens with one attached hydrogen (secondary N) is 2. The number of benzene rings is 1. The third kappa shape index (κ3) is 3.24. The zero-order valence-corrected chi connectivity index (χ0v) is 12.4. The van der Waals surface area contributed by atoms with Gasteiger partial charge in [0.25, 0.3) is 5.91 Å². The van der Waals surface area contributed by atoms with Crippen LogP contribution in [0.25, 0.3) is 0 Å². The molecule has 1 saturated heterocycles. The van der Waals surface area contributed by atoms with Gasteiger partial charge in [0.15, 0.2) is 0 Å². The quantitative estimate of drug-likeness (QED) is 0.795. The number of carbonyl (C=O) groups excluding carboxylic acids is 1. The second-order valence-corrected chi connectivity index (χ2v) is 5.67. The van der Waals surface area contributed by atoms with Gasteiger partial charge in [0, 0.05) is 0 Å². The average molecular weight is 307 g/mol. The second-order valence-electron chi connectivity index (χ2n) is 5.67. The average Bonchev–Trinajstić information content (AvgIpc) is 2.73. The van der Waals surface area contributed by atoms with Crippen molar-refractivity contribution in [1.29, 1.82) is 0 Å². The van der Waals surface area contributed by atoms with Gasteiger partial charge in [0.05, 0.1) is 0 Å². The fourth-order valence-corrected chi connectivity index (χ4v) is 2.42. The van der Waals surface area contributed by atoms with Gasteiger partial charge >= 0.3 is 6.09 Å². The molecule has 7 heteroatoms. The monoisotopic (exact) mass is 307 g/mol. The maximum Gasteiger partial charge on any atom is 0.434 e. The molecule has 0 saturated carbocycles. The van der Waals surface area contributed by atoms with Crippen LogP contribution in [-0.2, 0) is 10.3 Å². The molecule has 0 aliphatic carbocycles. The van der Waals surface area contributed by atoms with Gasteiger partial charge in [-0.15, -0.1) is 4.99 Å². The van der Waals surface area contributed by atoms with Crippen LogP contribution in [0.1, 0.15) is 32.3 Å². The Hall–Kier alpha value is -2.44. The van der Waals surface area contributed by atoms with E-state index in [0.29, 0.717) is 17.9 Å². The summed E-state index contributed by atoms with van der Waals surface area (Å²) in [5.74, 6) is -0.543. The van der Waals surface area contributed by atoms with E-state index in [1.165, 1.54) is 24.3 Å². The van der Waals surface area contributed by atoms with Gasteiger partial charge in [0.2, 0.25) is 5.96 Å². The van der Waals surface area contributed by atoms with Gasteiger partial charge in [-0.05, 0) is 36.5 Å².